The first-order chi connectivity index (χ1) is 16.2. The average Bonchev–Trinajstić information content (AvgIpc) is 2.79. The smallest absolute Gasteiger partial charge is 0.335 e. The van der Waals surface area contributed by atoms with Crippen LogP contribution < -0.4 is 15.0 Å². The number of carbonyl (C=O) groups excluding carboxylic acids is 3. The van der Waals surface area contributed by atoms with Crippen LogP contribution >= 0.6 is 55.1 Å². The van der Waals surface area contributed by atoms with E-state index in [9.17, 15) is 14.4 Å². The number of halogens is 4. The van der Waals surface area contributed by atoms with Crippen LogP contribution in [0.2, 0.25) is 10.0 Å². The monoisotopic (exact) mass is 622 g/mol. The summed E-state index contributed by atoms with van der Waals surface area (Å²) in [5.74, 6) is -1.17. The second kappa shape index (κ2) is 10.3. The number of barbiturate groups is 1. The van der Waals surface area contributed by atoms with Gasteiger partial charge in [-0.15, -0.1) is 0 Å². The molecule has 0 spiro atoms. The number of hydrogen-bond donors (Lipinski definition) is 1. The molecule has 1 N–H and O–H groups in total. The second-order valence-electron chi connectivity index (χ2n) is 7.12. The Morgan fingerprint density at radius 1 is 0.941 bits per heavy atom. The van der Waals surface area contributed by atoms with Gasteiger partial charge in [0.05, 0.1) is 15.7 Å². The van der Waals surface area contributed by atoms with Gasteiger partial charge in [-0.05, 0) is 48.5 Å². The highest BCUT2D eigenvalue weighted by Crippen LogP contribution is 2.31. The SMILES string of the molecule is O=C1NC(=O)N(c2ccc(Cl)c(Cl)c2)C(=O)/C1=C/c1cc(Br)ccc1OCc1ccccc1Br. The minimum Gasteiger partial charge on any atom is -0.488 e. The Morgan fingerprint density at radius 2 is 1.71 bits per heavy atom. The van der Waals surface area contributed by atoms with Crippen LogP contribution in [-0.2, 0) is 16.2 Å². The molecule has 0 aliphatic carbocycles. The number of amides is 4. The first-order valence-electron chi connectivity index (χ1n) is 9.77. The molecule has 1 aliphatic rings. The molecule has 0 unspecified atom stereocenters. The topological polar surface area (TPSA) is 75.7 Å². The Hall–Kier alpha value is -2.65. The van der Waals surface area contributed by atoms with E-state index in [0.29, 0.717) is 15.8 Å². The number of benzene rings is 3. The molecule has 0 radical (unpaired) electrons. The van der Waals surface area contributed by atoms with Crippen LogP contribution in [0.4, 0.5) is 10.5 Å². The highest BCUT2D eigenvalue weighted by molar-refractivity contribution is 9.10. The second-order valence-corrected chi connectivity index (χ2v) is 9.70. The number of anilines is 1. The van der Waals surface area contributed by atoms with E-state index in [1.807, 2.05) is 24.3 Å². The molecule has 0 atom stereocenters. The molecule has 0 bridgehead atoms. The van der Waals surface area contributed by atoms with Crippen molar-refractivity contribution in [2.45, 2.75) is 6.61 Å². The molecule has 1 fully saturated rings. The Labute approximate surface area is 221 Å². The Balaban J connectivity index is 1.69. The first-order valence-corrected chi connectivity index (χ1v) is 12.1. The lowest BCUT2D eigenvalue weighted by atomic mass is 10.1. The minimum absolute atomic E-state index is 0.164. The molecule has 0 saturated carbocycles. The van der Waals surface area contributed by atoms with Crippen LogP contribution in [0.5, 0.6) is 5.75 Å². The van der Waals surface area contributed by atoms with E-state index in [-0.39, 0.29) is 27.9 Å². The van der Waals surface area contributed by atoms with Crippen molar-refractivity contribution < 1.29 is 19.1 Å². The number of ether oxygens (including phenoxy) is 1. The molecular formula is C24H14Br2Cl2N2O4. The maximum atomic E-state index is 13.2. The molecular weight excluding hydrogens is 611 g/mol. The van der Waals surface area contributed by atoms with Gasteiger partial charge in [-0.3, -0.25) is 14.9 Å². The summed E-state index contributed by atoms with van der Waals surface area (Å²) >= 11 is 18.9. The number of urea groups is 1. The summed E-state index contributed by atoms with van der Waals surface area (Å²) in [6, 6.07) is 16.2. The normalized spacial score (nSPS) is 15.0. The fourth-order valence-electron chi connectivity index (χ4n) is 3.21. The van der Waals surface area contributed by atoms with Crippen LogP contribution in [0.1, 0.15) is 11.1 Å². The molecule has 172 valence electrons. The fourth-order valence-corrected chi connectivity index (χ4v) is 4.28. The Bertz CT molecular complexity index is 1360. The van der Waals surface area contributed by atoms with Crippen LogP contribution in [0.25, 0.3) is 6.08 Å². The summed E-state index contributed by atoms with van der Waals surface area (Å²) in [5.41, 5.74) is 1.33. The highest BCUT2D eigenvalue weighted by Gasteiger charge is 2.37. The van der Waals surface area contributed by atoms with Crippen molar-refractivity contribution >= 4 is 84.7 Å². The third kappa shape index (κ3) is 5.20. The van der Waals surface area contributed by atoms with Gasteiger partial charge in [0, 0.05) is 20.1 Å². The van der Waals surface area contributed by atoms with Crippen molar-refractivity contribution in [2.24, 2.45) is 0 Å². The van der Waals surface area contributed by atoms with Gasteiger partial charge >= 0.3 is 6.03 Å². The molecule has 6 nitrogen and oxygen atoms in total. The lowest BCUT2D eigenvalue weighted by Crippen LogP contribution is -2.54. The number of rotatable bonds is 5. The van der Waals surface area contributed by atoms with Gasteiger partial charge in [-0.1, -0.05) is 73.3 Å². The quantitative estimate of drug-likeness (QED) is 0.251. The molecule has 0 aromatic heterocycles. The Kier molecular flexibility index (Phi) is 7.42. The molecule has 34 heavy (non-hydrogen) atoms. The van der Waals surface area contributed by atoms with E-state index < -0.39 is 17.8 Å². The number of nitrogens with zero attached hydrogens (tertiary/aromatic N) is 1. The van der Waals surface area contributed by atoms with Gasteiger partial charge in [0.2, 0.25) is 0 Å². The fraction of sp³-hybridized carbons (Fsp3) is 0.0417. The van der Waals surface area contributed by atoms with Crippen molar-refractivity contribution in [3.8, 4) is 5.75 Å². The van der Waals surface area contributed by atoms with Gasteiger partial charge in [0.25, 0.3) is 11.8 Å². The van der Waals surface area contributed by atoms with Crippen molar-refractivity contribution in [3.05, 3.63) is 96.4 Å². The van der Waals surface area contributed by atoms with Crippen molar-refractivity contribution in [1.29, 1.82) is 0 Å². The number of nitrogens with one attached hydrogen (secondary N) is 1. The van der Waals surface area contributed by atoms with Crippen molar-refractivity contribution in [3.63, 3.8) is 0 Å². The predicted octanol–water partition coefficient (Wildman–Crippen LogP) is 6.76. The summed E-state index contributed by atoms with van der Waals surface area (Å²) in [6.45, 7) is 0.257. The predicted molar refractivity (Wildman–Crippen MR) is 138 cm³/mol. The van der Waals surface area contributed by atoms with Crippen LogP contribution in [-0.4, -0.2) is 17.8 Å². The number of imide groups is 2. The van der Waals surface area contributed by atoms with Gasteiger partial charge in [0.1, 0.15) is 17.9 Å². The van der Waals surface area contributed by atoms with Crippen LogP contribution in [0.3, 0.4) is 0 Å². The molecule has 1 aliphatic heterocycles. The standard InChI is InChI=1S/C24H14Br2Cl2N2O4/c25-15-5-8-21(34-12-13-3-1-2-4-18(13)26)14(9-15)10-17-22(31)29-24(33)30(23(17)32)16-6-7-19(27)20(28)11-16/h1-11H,12H2,(H,29,31,33)/b17-10+. The maximum Gasteiger partial charge on any atom is 0.335 e. The summed E-state index contributed by atoms with van der Waals surface area (Å²) in [4.78, 5) is 39.1. The molecule has 4 amide bonds. The van der Waals surface area contributed by atoms with E-state index >= 15 is 0 Å². The van der Waals surface area contributed by atoms with Crippen LogP contribution in [0.15, 0.2) is 75.2 Å². The largest absolute Gasteiger partial charge is 0.488 e. The lowest BCUT2D eigenvalue weighted by Gasteiger charge is -2.26. The van der Waals surface area contributed by atoms with E-state index in [2.05, 4.69) is 37.2 Å². The zero-order chi connectivity index (χ0) is 24.4. The summed E-state index contributed by atoms with van der Waals surface area (Å²) in [6.07, 6.45) is 1.38. The van der Waals surface area contributed by atoms with E-state index in [1.165, 1.54) is 24.3 Å². The summed E-state index contributed by atoms with van der Waals surface area (Å²) in [5, 5.41) is 2.62. The number of hydrogen-bond acceptors (Lipinski definition) is 4. The summed E-state index contributed by atoms with van der Waals surface area (Å²) < 4.78 is 7.59. The zero-order valence-electron chi connectivity index (χ0n) is 17.2. The third-order valence-electron chi connectivity index (χ3n) is 4.88. The first kappa shape index (κ1) is 24.5. The Morgan fingerprint density at radius 3 is 2.44 bits per heavy atom. The van der Waals surface area contributed by atoms with Crippen molar-refractivity contribution in [2.75, 3.05) is 4.90 Å². The zero-order valence-corrected chi connectivity index (χ0v) is 21.8. The van der Waals surface area contributed by atoms with Gasteiger partial charge in [-0.25, -0.2) is 9.69 Å². The van der Waals surface area contributed by atoms with Crippen molar-refractivity contribution in [1.82, 2.24) is 5.32 Å². The molecule has 1 heterocycles. The van der Waals surface area contributed by atoms with Gasteiger partial charge < -0.3 is 4.74 Å². The van der Waals surface area contributed by atoms with Gasteiger partial charge in [-0.2, -0.15) is 0 Å². The minimum atomic E-state index is -0.884. The van der Waals surface area contributed by atoms with E-state index in [4.69, 9.17) is 27.9 Å². The van der Waals surface area contributed by atoms with Crippen LogP contribution in [0, 0.1) is 0 Å². The molecule has 3 aromatic rings. The average molecular weight is 625 g/mol. The van der Waals surface area contributed by atoms with Gasteiger partial charge in [0.15, 0.2) is 0 Å². The maximum absolute atomic E-state index is 13.2. The summed E-state index contributed by atoms with van der Waals surface area (Å²) in [7, 11) is 0. The third-order valence-corrected chi connectivity index (χ3v) is 6.88. The molecule has 3 aromatic carbocycles. The highest BCUT2D eigenvalue weighted by atomic mass is 79.9. The molecule has 1 saturated heterocycles. The molecule has 10 heteroatoms. The lowest BCUT2D eigenvalue weighted by molar-refractivity contribution is -0.122. The number of carbonyl (C=O) groups is 3. The van der Waals surface area contributed by atoms with E-state index in [0.717, 1.165) is 14.9 Å². The molecule has 4 rings (SSSR count). The van der Waals surface area contributed by atoms with E-state index in [1.54, 1.807) is 18.2 Å².